The molecule has 1 unspecified atom stereocenters. The molecule has 1 atom stereocenters. The number of aryl methyl sites for hydroxylation is 1. The van der Waals surface area contributed by atoms with Crippen molar-refractivity contribution in [3.05, 3.63) is 53.1 Å². The maximum atomic E-state index is 14.0. The summed E-state index contributed by atoms with van der Waals surface area (Å²) in [4.78, 5) is 4.05. The molecule has 1 aromatic carbocycles. The van der Waals surface area contributed by atoms with Crippen molar-refractivity contribution in [2.24, 2.45) is 0 Å². The van der Waals surface area contributed by atoms with Gasteiger partial charge in [-0.3, -0.25) is 0 Å². The van der Waals surface area contributed by atoms with Crippen LogP contribution in [0, 0.1) is 11.6 Å². The molecule has 2 aromatic rings. The monoisotopic (exact) mass is 330 g/mol. The highest BCUT2D eigenvalue weighted by atomic mass is 19.4. The van der Waals surface area contributed by atoms with Gasteiger partial charge in [0, 0.05) is 36.3 Å². The molecule has 3 rings (SSSR count). The van der Waals surface area contributed by atoms with Crippen molar-refractivity contribution in [2.45, 2.75) is 44.3 Å². The van der Waals surface area contributed by atoms with Gasteiger partial charge in [0.2, 0.25) is 0 Å². The predicted molar refractivity (Wildman–Crippen MR) is 74.0 cm³/mol. The number of nitrogens with zero attached hydrogens (tertiary/aromatic N) is 2. The number of hydrogen-bond acceptors (Lipinski definition) is 1. The van der Waals surface area contributed by atoms with E-state index in [4.69, 9.17) is 0 Å². The lowest BCUT2D eigenvalue weighted by Gasteiger charge is -2.19. The van der Waals surface area contributed by atoms with Crippen LogP contribution >= 0.6 is 0 Å². The van der Waals surface area contributed by atoms with Gasteiger partial charge in [-0.2, -0.15) is 13.2 Å². The average molecular weight is 330 g/mol. The van der Waals surface area contributed by atoms with E-state index in [1.807, 2.05) is 0 Å². The molecule has 0 N–H and O–H groups in total. The minimum absolute atomic E-state index is 0.0381. The third-order valence-electron chi connectivity index (χ3n) is 4.17. The van der Waals surface area contributed by atoms with Gasteiger partial charge in [0.1, 0.15) is 17.5 Å². The topological polar surface area (TPSA) is 17.8 Å². The summed E-state index contributed by atoms with van der Waals surface area (Å²) >= 11 is 0. The molecule has 0 amide bonds. The number of benzene rings is 1. The van der Waals surface area contributed by atoms with E-state index in [0.717, 1.165) is 0 Å². The fourth-order valence-electron chi connectivity index (χ4n) is 3.18. The molecule has 7 heteroatoms. The molecule has 2 nitrogen and oxygen atoms in total. The molecule has 0 spiro atoms. The lowest BCUT2D eigenvalue weighted by atomic mass is 9.93. The predicted octanol–water partition coefficient (Wildman–Crippen LogP) is 4.39. The lowest BCUT2D eigenvalue weighted by Crippen LogP contribution is -2.18. The minimum Gasteiger partial charge on any atom is -0.331 e. The molecule has 1 aliphatic rings. The Morgan fingerprint density at radius 3 is 2.52 bits per heavy atom. The van der Waals surface area contributed by atoms with Crippen LogP contribution in [0.1, 0.15) is 35.8 Å². The zero-order chi connectivity index (χ0) is 16.6. The van der Waals surface area contributed by atoms with Crippen LogP contribution in [0.25, 0.3) is 0 Å². The van der Waals surface area contributed by atoms with Crippen LogP contribution in [0.2, 0.25) is 0 Å². The first kappa shape index (κ1) is 16.0. The molecule has 0 saturated heterocycles. The van der Waals surface area contributed by atoms with E-state index >= 15 is 0 Å². The Balaban J connectivity index is 1.95. The number of fused-ring (bicyclic) bond motifs is 1. The summed E-state index contributed by atoms with van der Waals surface area (Å²) in [5, 5.41) is 0. The van der Waals surface area contributed by atoms with Crippen molar-refractivity contribution in [1.29, 1.82) is 0 Å². The third kappa shape index (κ3) is 3.38. The molecule has 0 radical (unpaired) electrons. The molecular formula is C16H15F5N2. The van der Waals surface area contributed by atoms with Crippen LogP contribution in [0.15, 0.2) is 24.4 Å². The van der Waals surface area contributed by atoms with Crippen LogP contribution in [0.5, 0.6) is 0 Å². The van der Waals surface area contributed by atoms with Gasteiger partial charge in [-0.1, -0.05) is 6.07 Å². The standard InChI is InChI=1S/C16H15F5N2/c17-12-4-2-5-13(18)15(12)10-3-1-6-14-22-8-11(23(14)9-10)7-16(19,20)21/h2,4-5,8,10H,1,3,6-7,9H2. The van der Waals surface area contributed by atoms with Crippen molar-refractivity contribution in [2.75, 3.05) is 0 Å². The maximum absolute atomic E-state index is 14.0. The van der Waals surface area contributed by atoms with Gasteiger partial charge < -0.3 is 4.57 Å². The normalized spacial score (nSPS) is 18.6. The van der Waals surface area contributed by atoms with Crippen molar-refractivity contribution in [3.8, 4) is 0 Å². The molecule has 0 bridgehead atoms. The molecular weight excluding hydrogens is 315 g/mol. The van der Waals surface area contributed by atoms with Gasteiger partial charge in [-0.25, -0.2) is 13.8 Å². The zero-order valence-corrected chi connectivity index (χ0v) is 12.2. The Labute approximate surface area is 130 Å². The smallest absolute Gasteiger partial charge is 0.331 e. The molecule has 0 saturated carbocycles. The number of alkyl halides is 3. The van der Waals surface area contributed by atoms with Gasteiger partial charge in [-0.05, 0) is 25.0 Å². The first-order chi connectivity index (χ1) is 10.8. The van der Waals surface area contributed by atoms with Gasteiger partial charge in [0.05, 0.1) is 6.42 Å². The zero-order valence-electron chi connectivity index (χ0n) is 12.2. The Bertz CT molecular complexity index is 685. The highest BCUT2D eigenvalue weighted by molar-refractivity contribution is 5.25. The van der Waals surface area contributed by atoms with Gasteiger partial charge in [0.25, 0.3) is 0 Å². The van der Waals surface area contributed by atoms with E-state index in [-0.39, 0.29) is 17.8 Å². The Kier molecular flexibility index (Phi) is 4.12. The second-order valence-electron chi connectivity index (χ2n) is 5.79. The van der Waals surface area contributed by atoms with E-state index in [9.17, 15) is 22.0 Å². The van der Waals surface area contributed by atoms with Crippen molar-refractivity contribution >= 4 is 0 Å². The molecule has 1 aromatic heterocycles. The Hall–Kier alpha value is -1.92. The molecule has 0 fully saturated rings. The Morgan fingerprint density at radius 2 is 1.87 bits per heavy atom. The quantitative estimate of drug-likeness (QED) is 0.747. The van der Waals surface area contributed by atoms with Crippen molar-refractivity contribution < 1.29 is 22.0 Å². The summed E-state index contributed by atoms with van der Waals surface area (Å²) < 4.78 is 67.5. The largest absolute Gasteiger partial charge is 0.394 e. The summed E-state index contributed by atoms with van der Waals surface area (Å²) in [5.41, 5.74) is -0.0110. The SMILES string of the molecule is Fc1cccc(F)c1C1CCCc2ncc(CC(F)(F)F)n2C1. The van der Waals surface area contributed by atoms with E-state index in [1.54, 1.807) is 0 Å². The second-order valence-corrected chi connectivity index (χ2v) is 5.79. The van der Waals surface area contributed by atoms with Crippen LogP contribution in [0.4, 0.5) is 22.0 Å². The molecule has 1 aliphatic heterocycles. The summed E-state index contributed by atoms with van der Waals surface area (Å²) in [7, 11) is 0. The van der Waals surface area contributed by atoms with E-state index < -0.39 is 30.1 Å². The number of halogens is 5. The van der Waals surface area contributed by atoms with Crippen LogP contribution < -0.4 is 0 Å². The summed E-state index contributed by atoms with van der Waals surface area (Å²) in [6.45, 7) is 0.110. The second kappa shape index (κ2) is 5.94. The third-order valence-corrected chi connectivity index (χ3v) is 4.17. The highest BCUT2D eigenvalue weighted by Crippen LogP contribution is 2.33. The number of hydrogen-bond donors (Lipinski definition) is 0. The van der Waals surface area contributed by atoms with Crippen molar-refractivity contribution in [3.63, 3.8) is 0 Å². The first-order valence-corrected chi connectivity index (χ1v) is 7.39. The molecule has 0 aliphatic carbocycles. The number of aromatic nitrogens is 2. The van der Waals surface area contributed by atoms with Gasteiger partial charge >= 0.3 is 6.18 Å². The maximum Gasteiger partial charge on any atom is 0.394 e. The number of rotatable bonds is 2. The molecule has 124 valence electrons. The fourth-order valence-corrected chi connectivity index (χ4v) is 3.18. The number of imidazole rings is 1. The van der Waals surface area contributed by atoms with Crippen LogP contribution in [0.3, 0.4) is 0 Å². The summed E-state index contributed by atoms with van der Waals surface area (Å²) in [6, 6.07) is 3.63. The van der Waals surface area contributed by atoms with E-state index in [2.05, 4.69) is 4.98 Å². The van der Waals surface area contributed by atoms with E-state index in [1.165, 1.54) is 29.0 Å². The van der Waals surface area contributed by atoms with E-state index in [0.29, 0.717) is 25.1 Å². The van der Waals surface area contributed by atoms with Gasteiger partial charge in [0.15, 0.2) is 0 Å². The van der Waals surface area contributed by atoms with Crippen LogP contribution in [-0.2, 0) is 19.4 Å². The average Bonchev–Trinajstić information content (AvgIpc) is 2.68. The highest BCUT2D eigenvalue weighted by Gasteiger charge is 2.32. The molecule has 23 heavy (non-hydrogen) atoms. The lowest BCUT2D eigenvalue weighted by molar-refractivity contribution is -0.128. The summed E-state index contributed by atoms with van der Waals surface area (Å²) in [6.07, 6.45) is -2.59. The summed E-state index contributed by atoms with van der Waals surface area (Å²) in [5.74, 6) is -1.27. The minimum atomic E-state index is -4.35. The fraction of sp³-hybridized carbons (Fsp3) is 0.438. The molecule has 2 heterocycles. The first-order valence-electron chi connectivity index (χ1n) is 7.39. The van der Waals surface area contributed by atoms with Gasteiger partial charge in [-0.15, -0.1) is 0 Å². The van der Waals surface area contributed by atoms with Crippen molar-refractivity contribution in [1.82, 2.24) is 9.55 Å². The Morgan fingerprint density at radius 1 is 1.17 bits per heavy atom. The van der Waals surface area contributed by atoms with Crippen LogP contribution in [-0.4, -0.2) is 15.7 Å².